The van der Waals surface area contributed by atoms with E-state index in [1.165, 1.54) is 0 Å². The summed E-state index contributed by atoms with van der Waals surface area (Å²) < 4.78 is 5.67. The molecule has 0 aromatic heterocycles. The first kappa shape index (κ1) is 14.3. The van der Waals surface area contributed by atoms with Gasteiger partial charge in [-0.3, -0.25) is 4.79 Å². The molecular formula is C16H20N2O2. The van der Waals surface area contributed by atoms with E-state index in [1.54, 1.807) is 11.9 Å². The summed E-state index contributed by atoms with van der Waals surface area (Å²) in [4.78, 5) is 13.6. The molecule has 0 saturated heterocycles. The van der Waals surface area contributed by atoms with Gasteiger partial charge in [-0.15, -0.1) is 0 Å². The highest BCUT2D eigenvalue weighted by Gasteiger charge is 2.10. The zero-order chi connectivity index (χ0) is 14.4. The van der Waals surface area contributed by atoms with E-state index in [2.05, 4.69) is 5.32 Å². The van der Waals surface area contributed by atoms with Crippen molar-refractivity contribution >= 4 is 16.7 Å². The summed E-state index contributed by atoms with van der Waals surface area (Å²) in [6, 6.07) is 13.8. The van der Waals surface area contributed by atoms with Crippen LogP contribution in [0.15, 0.2) is 42.5 Å². The lowest BCUT2D eigenvalue weighted by Crippen LogP contribution is -2.35. The number of carbonyl (C=O) groups is 1. The standard InChI is InChI=1S/C16H20N2O2/c1-17-10-11-18(2)16(19)12-20-15-9-5-7-13-6-3-4-8-14(13)15/h3-9,17H,10-12H2,1-2H3. The van der Waals surface area contributed by atoms with Crippen LogP contribution in [0.3, 0.4) is 0 Å². The van der Waals surface area contributed by atoms with Crippen LogP contribution in [0.4, 0.5) is 0 Å². The van der Waals surface area contributed by atoms with Gasteiger partial charge in [-0.25, -0.2) is 0 Å². The fourth-order valence-electron chi connectivity index (χ4n) is 1.98. The van der Waals surface area contributed by atoms with Gasteiger partial charge in [-0.1, -0.05) is 36.4 Å². The van der Waals surface area contributed by atoms with Gasteiger partial charge in [0.05, 0.1) is 0 Å². The van der Waals surface area contributed by atoms with E-state index in [0.717, 1.165) is 23.1 Å². The molecule has 4 nitrogen and oxygen atoms in total. The van der Waals surface area contributed by atoms with Crippen molar-refractivity contribution in [3.8, 4) is 5.75 Å². The maximum Gasteiger partial charge on any atom is 0.260 e. The molecule has 0 bridgehead atoms. The fourth-order valence-corrected chi connectivity index (χ4v) is 1.98. The van der Waals surface area contributed by atoms with Crippen molar-refractivity contribution in [2.75, 3.05) is 33.8 Å². The van der Waals surface area contributed by atoms with Crippen LogP contribution in [0, 0.1) is 0 Å². The first-order valence-corrected chi connectivity index (χ1v) is 6.71. The van der Waals surface area contributed by atoms with Gasteiger partial charge >= 0.3 is 0 Å². The first-order chi connectivity index (χ1) is 9.72. The number of rotatable bonds is 6. The van der Waals surface area contributed by atoms with Crippen molar-refractivity contribution in [2.45, 2.75) is 0 Å². The molecule has 0 aliphatic rings. The molecule has 0 aliphatic heterocycles. The third-order valence-electron chi connectivity index (χ3n) is 3.22. The molecule has 20 heavy (non-hydrogen) atoms. The molecule has 0 heterocycles. The second-order valence-electron chi connectivity index (χ2n) is 4.68. The molecule has 0 spiro atoms. The van der Waals surface area contributed by atoms with Crippen molar-refractivity contribution in [2.24, 2.45) is 0 Å². The van der Waals surface area contributed by atoms with Gasteiger partial charge in [0, 0.05) is 25.5 Å². The summed E-state index contributed by atoms with van der Waals surface area (Å²) in [5.41, 5.74) is 0. The molecule has 2 rings (SSSR count). The molecule has 4 heteroatoms. The number of amides is 1. The number of nitrogens with zero attached hydrogens (tertiary/aromatic N) is 1. The largest absolute Gasteiger partial charge is 0.483 e. The van der Waals surface area contributed by atoms with E-state index in [9.17, 15) is 4.79 Å². The second kappa shape index (κ2) is 6.91. The summed E-state index contributed by atoms with van der Waals surface area (Å²) in [6.07, 6.45) is 0. The van der Waals surface area contributed by atoms with E-state index >= 15 is 0 Å². The Morgan fingerprint density at radius 1 is 1.20 bits per heavy atom. The highest BCUT2D eigenvalue weighted by molar-refractivity contribution is 5.88. The highest BCUT2D eigenvalue weighted by atomic mass is 16.5. The lowest BCUT2D eigenvalue weighted by atomic mass is 10.1. The van der Waals surface area contributed by atoms with Crippen molar-refractivity contribution in [3.05, 3.63) is 42.5 Å². The lowest BCUT2D eigenvalue weighted by molar-refractivity contribution is -0.131. The van der Waals surface area contributed by atoms with Crippen molar-refractivity contribution < 1.29 is 9.53 Å². The molecule has 1 amide bonds. The average Bonchev–Trinajstić information content (AvgIpc) is 2.50. The number of hydrogen-bond donors (Lipinski definition) is 1. The summed E-state index contributed by atoms with van der Waals surface area (Å²) >= 11 is 0. The van der Waals surface area contributed by atoms with Crippen molar-refractivity contribution in [1.82, 2.24) is 10.2 Å². The Labute approximate surface area is 119 Å². The minimum atomic E-state index is -0.0202. The normalized spacial score (nSPS) is 10.5. The van der Waals surface area contributed by atoms with E-state index in [-0.39, 0.29) is 12.5 Å². The quantitative estimate of drug-likeness (QED) is 0.873. The molecule has 0 saturated carbocycles. The summed E-state index contributed by atoms with van der Waals surface area (Å²) in [5, 5.41) is 5.16. The average molecular weight is 272 g/mol. The van der Waals surface area contributed by atoms with E-state index < -0.39 is 0 Å². The van der Waals surface area contributed by atoms with E-state index in [4.69, 9.17) is 4.74 Å². The first-order valence-electron chi connectivity index (χ1n) is 6.71. The minimum absolute atomic E-state index is 0.0202. The number of fused-ring (bicyclic) bond motifs is 1. The molecule has 106 valence electrons. The Morgan fingerprint density at radius 2 is 1.95 bits per heavy atom. The van der Waals surface area contributed by atoms with E-state index in [1.807, 2.05) is 49.5 Å². The molecule has 0 unspecified atom stereocenters. The van der Waals surface area contributed by atoms with Gasteiger partial charge < -0.3 is 15.0 Å². The van der Waals surface area contributed by atoms with Crippen LogP contribution >= 0.6 is 0 Å². The minimum Gasteiger partial charge on any atom is -0.483 e. The van der Waals surface area contributed by atoms with Gasteiger partial charge in [0.15, 0.2) is 6.61 Å². The Morgan fingerprint density at radius 3 is 2.75 bits per heavy atom. The number of carbonyl (C=O) groups excluding carboxylic acids is 1. The summed E-state index contributed by atoms with van der Waals surface area (Å²) in [7, 11) is 3.65. The van der Waals surface area contributed by atoms with Gasteiger partial charge in [-0.05, 0) is 18.5 Å². The molecule has 0 fully saturated rings. The van der Waals surface area contributed by atoms with Crippen LogP contribution < -0.4 is 10.1 Å². The molecule has 0 atom stereocenters. The fraction of sp³-hybridized carbons (Fsp3) is 0.312. The van der Waals surface area contributed by atoms with E-state index in [0.29, 0.717) is 6.54 Å². The van der Waals surface area contributed by atoms with Crippen LogP contribution in [0.25, 0.3) is 10.8 Å². The van der Waals surface area contributed by atoms with Crippen LogP contribution in [0.2, 0.25) is 0 Å². The zero-order valence-corrected chi connectivity index (χ0v) is 11.9. The monoisotopic (exact) mass is 272 g/mol. The number of hydrogen-bond acceptors (Lipinski definition) is 3. The van der Waals surface area contributed by atoms with Crippen LogP contribution in [0.5, 0.6) is 5.75 Å². The molecule has 0 radical (unpaired) electrons. The van der Waals surface area contributed by atoms with Crippen LogP contribution in [0.1, 0.15) is 0 Å². The topological polar surface area (TPSA) is 41.6 Å². The predicted octanol–water partition coefficient (Wildman–Crippen LogP) is 1.90. The van der Waals surface area contributed by atoms with Gasteiger partial charge in [0.1, 0.15) is 5.75 Å². The highest BCUT2D eigenvalue weighted by Crippen LogP contribution is 2.24. The zero-order valence-electron chi connectivity index (χ0n) is 11.9. The summed E-state index contributed by atoms with van der Waals surface area (Å²) in [6.45, 7) is 1.51. The van der Waals surface area contributed by atoms with Crippen LogP contribution in [-0.4, -0.2) is 44.6 Å². The van der Waals surface area contributed by atoms with Gasteiger partial charge in [-0.2, -0.15) is 0 Å². The molecular weight excluding hydrogens is 252 g/mol. The Hall–Kier alpha value is -2.07. The lowest BCUT2D eigenvalue weighted by Gasteiger charge is -2.17. The molecule has 1 N–H and O–H groups in total. The molecule has 2 aromatic carbocycles. The number of nitrogens with one attached hydrogen (secondary N) is 1. The number of likely N-dealkylation sites (N-methyl/N-ethyl adjacent to an activating group) is 2. The maximum absolute atomic E-state index is 11.9. The summed E-state index contributed by atoms with van der Waals surface area (Å²) in [5.74, 6) is 0.728. The Kier molecular flexibility index (Phi) is 4.96. The number of ether oxygens (including phenoxy) is 1. The van der Waals surface area contributed by atoms with Crippen LogP contribution in [-0.2, 0) is 4.79 Å². The van der Waals surface area contributed by atoms with Gasteiger partial charge in [0.2, 0.25) is 0 Å². The number of benzene rings is 2. The van der Waals surface area contributed by atoms with Gasteiger partial charge in [0.25, 0.3) is 5.91 Å². The SMILES string of the molecule is CNCCN(C)C(=O)COc1cccc2ccccc12. The van der Waals surface area contributed by atoms with Crippen molar-refractivity contribution in [1.29, 1.82) is 0 Å². The Balaban J connectivity index is 2.01. The molecule has 0 aliphatic carbocycles. The molecule has 2 aromatic rings. The maximum atomic E-state index is 11.9. The van der Waals surface area contributed by atoms with Crippen molar-refractivity contribution in [3.63, 3.8) is 0 Å². The third-order valence-corrected chi connectivity index (χ3v) is 3.22. The predicted molar refractivity (Wildman–Crippen MR) is 81.0 cm³/mol. The second-order valence-corrected chi connectivity index (χ2v) is 4.68. The Bertz CT molecular complexity index is 578. The third kappa shape index (κ3) is 3.48. The smallest absolute Gasteiger partial charge is 0.260 e.